The summed E-state index contributed by atoms with van der Waals surface area (Å²) in [6, 6.07) is 9.33. The Hall–Kier alpha value is -3.46. The predicted molar refractivity (Wildman–Crippen MR) is 133 cm³/mol. The summed E-state index contributed by atoms with van der Waals surface area (Å²) in [5.74, 6) is 1.28. The van der Waals surface area contributed by atoms with E-state index in [1.165, 1.54) is 11.1 Å². The number of amides is 1. The van der Waals surface area contributed by atoms with Crippen LogP contribution in [0.25, 0.3) is 0 Å². The van der Waals surface area contributed by atoms with Crippen LogP contribution in [-0.4, -0.2) is 56.7 Å². The van der Waals surface area contributed by atoms with Gasteiger partial charge in [0.1, 0.15) is 11.4 Å². The van der Waals surface area contributed by atoms with Crippen LogP contribution in [0.15, 0.2) is 36.7 Å². The summed E-state index contributed by atoms with van der Waals surface area (Å²) in [5, 5.41) is 14.1. The molecule has 5 rings (SSSR count). The molecule has 1 saturated carbocycles. The van der Waals surface area contributed by atoms with Gasteiger partial charge in [0.2, 0.25) is 5.95 Å². The van der Waals surface area contributed by atoms with E-state index in [9.17, 15) is 4.79 Å². The van der Waals surface area contributed by atoms with Gasteiger partial charge in [0.25, 0.3) is 5.91 Å². The summed E-state index contributed by atoms with van der Waals surface area (Å²) in [4.78, 5) is 24.1. The molecule has 34 heavy (non-hydrogen) atoms. The number of fused-ring (bicyclic) bond motifs is 1. The maximum atomic E-state index is 12.8. The Morgan fingerprint density at radius 2 is 1.91 bits per heavy atom. The fourth-order valence-electron chi connectivity index (χ4n) is 4.28. The van der Waals surface area contributed by atoms with Crippen LogP contribution in [0.3, 0.4) is 0 Å². The normalized spacial score (nSPS) is 17.2. The molecular formula is C25H32N8O. The number of nitrogens with one attached hydrogen (secondary N) is 3. The first-order chi connectivity index (χ1) is 16.4. The zero-order valence-corrected chi connectivity index (χ0v) is 20.2. The monoisotopic (exact) mass is 460 g/mol. The van der Waals surface area contributed by atoms with Crippen molar-refractivity contribution in [3.05, 3.63) is 53.3 Å². The number of aromatic nitrogens is 4. The van der Waals surface area contributed by atoms with Crippen LogP contribution >= 0.6 is 0 Å². The summed E-state index contributed by atoms with van der Waals surface area (Å²) < 4.78 is 1.96. The van der Waals surface area contributed by atoms with E-state index in [0.29, 0.717) is 35.2 Å². The van der Waals surface area contributed by atoms with Crippen LogP contribution < -0.4 is 16.0 Å². The van der Waals surface area contributed by atoms with Gasteiger partial charge in [-0.25, -0.2) is 4.98 Å². The fourth-order valence-corrected chi connectivity index (χ4v) is 4.28. The second kappa shape index (κ2) is 9.06. The molecule has 9 heteroatoms. The quantitative estimate of drug-likeness (QED) is 0.472. The SMILES string of the molecule is CC(C)NC(=O)c1cnc(Nc2ccc3c(c2)CC(N(C)C)C3)nc1Nc1ccn(C2CC2)n1. The number of rotatable bonds is 8. The standard InChI is InChI=1S/C25H32N8O/c1-15(2)27-24(34)21-14-26-25(30-23(21)29-22-9-10-33(31-22)19-7-8-19)28-18-6-5-16-12-20(32(3)4)13-17(16)11-18/h5-6,9-11,14-15,19-20H,7-8,12-13H2,1-4H3,(H,27,34)(H2,26,28,29,30,31). The smallest absolute Gasteiger partial charge is 0.256 e. The first-order valence-electron chi connectivity index (χ1n) is 11.9. The summed E-state index contributed by atoms with van der Waals surface area (Å²) in [6.45, 7) is 3.85. The molecule has 2 heterocycles. The maximum Gasteiger partial charge on any atom is 0.256 e. The average Bonchev–Trinajstić information content (AvgIpc) is 3.37. The molecule has 2 aliphatic carbocycles. The molecule has 1 fully saturated rings. The van der Waals surface area contributed by atoms with Crippen molar-refractivity contribution >= 4 is 29.2 Å². The molecule has 3 aromatic rings. The second-order valence-electron chi connectivity index (χ2n) is 9.76. The van der Waals surface area contributed by atoms with E-state index in [2.05, 4.69) is 68.2 Å². The van der Waals surface area contributed by atoms with Gasteiger partial charge in [-0.2, -0.15) is 10.1 Å². The lowest BCUT2D eigenvalue weighted by Gasteiger charge is -2.17. The summed E-state index contributed by atoms with van der Waals surface area (Å²) in [7, 11) is 4.26. The van der Waals surface area contributed by atoms with Gasteiger partial charge < -0.3 is 20.9 Å². The number of benzene rings is 1. The number of hydrogen-bond donors (Lipinski definition) is 3. The molecule has 2 aromatic heterocycles. The van der Waals surface area contributed by atoms with Crippen molar-refractivity contribution in [3.63, 3.8) is 0 Å². The number of nitrogens with zero attached hydrogens (tertiary/aromatic N) is 5. The van der Waals surface area contributed by atoms with Gasteiger partial charge in [-0.05, 0) is 76.9 Å². The first-order valence-corrected chi connectivity index (χ1v) is 11.9. The zero-order valence-electron chi connectivity index (χ0n) is 20.2. The molecule has 9 nitrogen and oxygen atoms in total. The summed E-state index contributed by atoms with van der Waals surface area (Å²) in [5.41, 5.74) is 4.05. The molecule has 178 valence electrons. The first kappa shape index (κ1) is 22.3. The van der Waals surface area contributed by atoms with Crippen molar-refractivity contribution in [3.8, 4) is 0 Å². The third kappa shape index (κ3) is 4.89. The molecule has 0 bridgehead atoms. The molecule has 0 radical (unpaired) electrons. The van der Waals surface area contributed by atoms with Crippen molar-refractivity contribution in [2.24, 2.45) is 0 Å². The Morgan fingerprint density at radius 3 is 2.65 bits per heavy atom. The van der Waals surface area contributed by atoms with Crippen LogP contribution in [0.5, 0.6) is 0 Å². The predicted octanol–water partition coefficient (Wildman–Crippen LogP) is 3.66. The molecule has 0 aliphatic heterocycles. The molecule has 1 unspecified atom stereocenters. The Morgan fingerprint density at radius 1 is 1.12 bits per heavy atom. The Balaban J connectivity index is 1.39. The maximum absolute atomic E-state index is 12.8. The van der Waals surface area contributed by atoms with E-state index in [4.69, 9.17) is 0 Å². The van der Waals surface area contributed by atoms with Gasteiger partial charge in [0.05, 0.1) is 6.04 Å². The van der Waals surface area contributed by atoms with Crippen LogP contribution in [0.1, 0.15) is 54.2 Å². The Kier molecular flexibility index (Phi) is 5.95. The lowest BCUT2D eigenvalue weighted by atomic mass is 10.1. The van der Waals surface area contributed by atoms with E-state index in [1.807, 2.05) is 30.8 Å². The van der Waals surface area contributed by atoms with Crippen LogP contribution in [0.2, 0.25) is 0 Å². The van der Waals surface area contributed by atoms with Crippen LogP contribution in [0.4, 0.5) is 23.3 Å². The highest BCUT2D eigenvalue weighted by Crippen LogP contribution is 2.34. The molecule has 0 spiro atoms. The number of carbonyl (C=O) groups excluding carboxylic acids is 1. The van der Waals surface area contributed by atoms with E-state index >= 15 is 0 Å². The largest absolute Gasteiger partial charge is 0.350 e. The second-order valence-corrected chi connectivity index (χ2v) is 9.76. The van der Waals surface area contributed by atoms with E-state index < -0.39 is 0 Å². The minimum atomic E-state index is -0.224. The van der Waals surface area contributed by atoms with E-state index in [-0.39, 0.29) is 11.9 Å². The van der Waals surface area contributed by atoms with Gasteiger partial charge >= 0.3 is 0 Å². The summed E-state index contributed by atoms with van der Waals surface area (Å²) in [6.07, 6.45) is 7.92. The van der Waals surface area contributed by atoms with E-state index in [1.54, 1.807) is 6.20 Å². The highest BCUT2D eigenvalue weighted by atomic mass is 16.1. The van der Waals surface area contributed by atoms with Crippen molar-refractivity contribution in [1.29, 1.82) is 0 Å². The molecule has 2 aliphatic rings. The van der Waals surface area contributed by atoms with Crippen molar-refractivity contribution < 1.29 is 4.79 Å². The van der Waals surface area contributed by atoms with Gasteiger partial charge in [-0.15, -0.1) is 0 Å². The van der Waals surface area contributed by atoms with Gasteiger partial charge in [-0.3, -0.25) is 9.48 Å². The molecule has 1 aromatic carbocycles. The van der Waals surface area contributed by atoms with Gasteiger partial charge in [-0.1, -0.05) is 6.07 Å². The lowest BCUT2D eigenvalue weighted by Crippen LogP contribution is -2.31. The molecule has 0 saturated heterocycles. The van der Waals surface area contributed by atoms with E-state index in [0.717, 1.165) is 31.4 Å². The number of carbonyl (C=O) groups is 1. The highest BCUT2D eigenvalue weighted by molar-refractivity contribution is 5.99. The third-order valence-electron chi connectivity index (χ3n) is 6.33. The van der Waals surface area contributed by atoms with Crippen LogP contribution in [-0.2, 0) is 12.8 Å². The lowest BCUT2D eigenvalue weighted by molar-refractivity contribution is 0.0943. The molecule has 1 amide bonds. The molecular weight excluding hydrogens is 428 g/mol. The molecule has 1 atom stereocenters. The Bertz CT molecular complexity index is 1200. The van der Waals surface area contributed by atoms with Crippen molar-refractivity contribution in [2.45, 2.75) is 57.7 Å². The Labute approximate surface area is 200 Å². The van der Waals surface area contributed by atoms with Gasteiger partial charge in [0, 0.05) is 36.2 Å². The molecule has 3 N–H and O–H groups in total. The fraction of sp³-hybridized carbons (Fsp3) is 0.440. The topological polar surface area (TPSA) is 100 Å². The minimum absolute atomic E-state index is 0.00429. The number of anilines is 4. The van der Waals surface area contributed by atoms with Crippen LogP contribution in [0, 0.1) is 0 Å². The number of likely N-dealkylation sites (N-methyl/N-ethyl adjacent to an activating group) is 1. The minimum Gasteiger partial charge on any atom is -0.350 e. The third-order valence-corrected chi connectivity index (χ3v) is 6.33. The highest BCUT2D eigenvalue weighted by Gasteiger charge is 2.25. The van der Waals surface area contributed by atoms with Crippen molar-refractivity contribution in [2.75, 3.05) is 24.7 Å². The number of hydrogen-bond acceptors (Lipinski definition) is 7. The van der Waals surface area contributed by atoms with Crippen molar-refractivity contribution in [1.82, 2.24) is 30.0 Å². The van der Waals surface area contributed by atoms with Gasteiger partial charge in [0.15, 0.2) is 5.82 Å². The zero-order chi connectivity index (χ0) is 23.8. The summed E-state index contributed by atoms with van der Waals surface area (Å²) >= 11 is 0. The average molecular weight is 461 g/mol.